The molecule has 7 rings (SSSR count). The molecule has 2 aromatic carbocycles. The lowest BCUT2D eigenvalue weighted by atomic mass is 9.80. The minimum absolute atomic E-state index is 0.161. The topological polar surface area (TPSA) is 138 Å². The summed E-state index contributed by atoms with van der Waals surface area (Å²) in [6.45, 7) is 6.07. The van der Waals surface area contributed by atoms with Crippen molar-refractivity contribution < 1.29 is 19.5 Å². The van der Waals surface area contributed by atoms with Gasteiger partial charge in [-0.2, -0.15) is 0 Å². The van der Waals surface area contributed by atoms with Crippen molar-refractivity contribution in [2.45, 2.75) is 77.8 Å². The first-order valence-corrected chi connectivity index (χ1v) is 19.0. The highest BCUT2D eigenvalue weighted by Crippen LogP contribution is 2.44. The molecule has 4 aromatic rings. The average molecular weight is 741 g/mol. The molecule has 13 heteroatoms. The molecule has 1 saturated carbocycles. The first kappa shape index (κ1) is 36.8. The van der Waals surface area contributed by atoms with Gasteiger partial charge in [-0.05, 0) is 68.3 Å². The molecule has 280 valence electrons. The summed E-state index contributed by atoms with van der Waals surface area (Å²) in [6, 6.07) is 11.2. The Bertz CT molecular complexity index is 2060. The smallest absolute Gasteiger partial charge is 0.303 e. The summed E-state index contributed by atoms with van der Waals surface area (Å²) in [5, 5.41) is 15.7. The lowest BCUT2D eigenvalue weighted by Gasteiger charge is -2.37. The van der Waals surface area contributed by atoms with Crippen molar-refractivity contribution in [1.29, 1.82) is 0 Å². The van der Waals surface area contributed by atoms with Gasteiger partial charge in [0.15, 0.2) is 11.6 Å². The largest absolute Gasteiger partial charge is 0.481 e. The molecule has 0 bridgehead atoms. The third kappa shape index (κ3) is 7.49. The van der Waals surface area contributed by atoms with Gasteiger partial charge in [0.05, 0.1) is 22.1 Å². The second kappa shape index (κ2) is 15.1. The zero-order valence-electron chi connectivity index (χ0n) is 31.1. The molecular formula is C40H49ClN8O4. The molecule has 0 atom stereocenters. The van der Waals surface area contributed by atoms with Crippen molar-refractivity contribution in [2.75, 3.05) is 37.3 Å². The van der Waals surface area contributed by atoms with Crippen LogP contribution in [0.25, 0.3) is 11.1 Å². The number of carboxylic acid groups (broad SMARTS) is 1. The van der Waals surface area contributed by atoms with Gasteiger partial charge in [0.2, 0.25) is 0 Å². The van der Waals surface area contributed by atoms with Gasteiger partial charge in [-0.3, -0.25) is 19.3 Å². The van der Waals surface area contributed by atoms with Crippen LogP contribution in [0.3, 0.4) is 0 Å². The van der Waals surface area contributed by atoms with Crippen molar-refractivity contribution in [1.82, 2.24) is 28.9 Å². The van der Waals surface area contributed by atoms with Crippen LogP contribution in [0.15, 0.2) is 36.4 Å². The van der Waals surface area contributed by atoms with E-state index in [1.54, 1.807) is 6.07 Å². The van der Waals surface area contributed by atoms with Gasteiger partial charge in [-0.1, -0.05) is 48.7 Å². The van der Waals surface area contributed by atoms with E-state index in [2.05, 4.69) is 25.4 Å². The molecule has 3 N–H and O–H groups in total. The quantitative estimate of drug-likeness (QED) is 0.160. The fourth-order valence-electron chi connectivity index (χ4n) is 8.74. The summed E-state index contributed by atoms with van der Waals surface area (Å²) < 4.78 is 3.79. The van der Waals surface area contributed by atoms with Crippen LogP contribution in [0, 0.1) is 12.3 Å². The Balaban J connectivity index is 1.05. The molecule has 2 aromatic heterocycles. The zero-order chi connectivity index (χ0) is 37.4. The van der Waals surface area contributed by atoms with Gasteiger partial charge < -0.3 is 29.8 Å². The highest BCUT2D eigenvalue weighted by Gasteiger charge is 2.37. The second-order valence-electron chi connectivity index (χ2n) is 15.2. The standard InChI is InChI=1S/C40H49ClN8O4/c1-25-26(27-11-8-13-29(35(27)41)45-39(53)37-42-30-22-46(2)20-15-32(30)47(37)3)10-7-12-28(25)44-38(52)36-43-31-23-49(21-16-33(31)48(36)4)24-40(17-5-6-18-40)19-9-14-34(50)51/h7-8,10-13H,5-6,9,14-24H2,1-4H3,(H,44,52)(H,45,53)(H,50,51). The summed E-state index contributed by atoms with van der Waals surface area (Å²) in [5.41, 5.74) is 7.69. The number of fused-ring (bicyclic) bond motifs is 2. The molecule has 0 unspecified atom stereocenters. The number of hydrogen-bond acceptors (Lipinski definition) is 7. The van der Waals surface area contributed by atoms with E-state index in [0.29, 0.717) is 47.6 Å². The first-order valence-electron chi connectivity index (χ1n) is 18.7. The van der Waals surface area contributed by atoms with E-state index in [-0.39, 0.29) is 23.7 Å². The van der Waals surface area contributed by atoms with E-state index in [0.717, 1.165) is 91.2 Å². The Kier molecular flexibility index (Phi) is 10.5. The van der Waals surface area contributed by atoms with E-state index >= 15 is 0 Å². The normalized spacial score (nSPS) is 17.0. The number of nitrogens with one attached hydrogen (secondary N) is 2. The van der Waals surface area contributed by atoms with E-state index in [1.165, 1.54) is 12.8 Å². The number of aliphatic carboxylic acids is 1. The first-order chi connectivity index (χ1) is 25.4. The highest BCUT2D eigenvalue weighted by atomic mass is 35.5. The fraction of sp³-hybridized carbons (Fsp3) is 0.475. The van der Waals surface area contributed by atoms with Crippen LogP contribution in [0.5, 0.6) is 0 Å². The SMILES string of the molecule is Cc1c(NC(=O)c2nc3c(n2C)CCN(CC2(CCCC(=O)O)CCCC2)C3)cccc1-c1cccc(NC(=O)c2nc3c(n2C)CCN(C)C3)c1Cl. The average Bonchev–Trinajstić information content (AvgIpc) is 3.81. The summed E-state index contributed by atoms with van der Waals surface area (Å²) in [6.07, 6.45) is 8.17. The molecule has 1 aliphatic carbocycles. The number of nitrogens with zero attached hydrogens (tertiary/aromatic N) is 6. The van der Waals surface area contributed by atoms with Crippen LogP contribution in [0.2, 0.25) is 5.02 Å². The number of anilines is 2. The maximum absolute atomic E-state index is 13.8. The predicted octanol–water partition coefficient (Wildman–Crippen LogP) is 6.45. The molecule has 1 fully saturated rings. The number of carbonyl (C=O) groups excluding carboxylic acids is 2. The molecular weight excluding hydrogens is 692 g/mol. The third-order valence-corrected chi connectivity index (χ3v) is 12.0. The number of halogens is 1. The summed E-state index contributed by atoms with van der Waals surface area (Å²) in [4.78, 5) is 52.6. The molecule has 0 spiro atoms. The Morgan fingerprint density at radius 1 is 0.830 bits per heavy atom. The van der Waals surface area contributed by atoms with E-state index in [1.807, 2.05) is 67.5 Å². The lowest BCUT2D eigenvalue weighted by Crippen LogP contribution is -2.39. The van der Waals surface area contributed by atoms with Crippen molar-refractivity contribution >= 4 is 40.8 Å². The van der Waals surface area contributed by atoms with Crippen molar-refractivity contribution in [3.05, 3.63) is 81.4 Å². The minimum atomic E-state index is -0.728. The zero-order valence-corrected chi connectivity index (χ0v) is 31.9. The van der Waals surface area contributed by atoms with Gasteiger partial charge in [0, 0.05) is 88.7 Å². The van der Waals surface area contributed by atoms with E-state index < -0.39 is 5.97 Å². The Labute approximate surface area is 315 Å². The van der Waals surface area contributed by atoms with Gasteiger partial charge >= 0.3 is 5.97 Å². The third-order valence-electron chi connectivity index (χ3n) is 11.6. The number of likely N-dealkylation sites (N-methyl/N-ethyl adjacent to an activating group) is 1. The Morgan fingerprint density at radius 2 is 1.42 bits per heavy atom. The molecule has 3 aliphatic rings. The molecule has 2 amide bonds. The number of hydrogen-bond donors (Lipinski definition) is 3. The number of carboxylic acids is 1. The number of rotatable bonds is 11. The van der Waals surface area contributed by atoms with Crippen LogP contribution in [0.1, 0.15) is 94.5 Å². The fourth-order valence-corrected chi connectivity index (χ4v) is 9.01. The maximum Gasteiger partial charge on any atom is 0.303 e. The number of benzene rings is 2. The molecule has 0 radical (unpaired) electrons. The molecule has 12 nitrogen and oxygen atoms in total. The molecule has 0 saturated heterocycles. The summed E-state index contributed by atoms with van der Waals surface area (Å²) in [7, 11) is 5.83. The van der Waals surface area contributed by atoms with E-state index in [9.17, 15) is 19.5 Å². The Morgan fingerprint density at radius 3 is 2.08 bits per heavy atom. The van der Waals surface area contributed by atoms with Crippen LogP contribution in [0.4, 0.5) is 11.4 Å². The highest BCUT2D eigenvalue weighted by molar-refractivity contribution is 6.36. The number of aromatic nitrogens is 4. The Hall–Kier alpha value is -4.52. The minimum Gasteiger partial charge on any atom is -0.481 e. The monoisotopic (exact) mass is 740 g/mol. The van der Waals surface area contributed by atoms with Crippen LogP contribution in [-0.2, 0) is 44.8 Å². The van der Waals surface area contributed by atoms with Gasteiger partial charge in [-0.25, -0.2) is 9.97 Å². The van der Waals surface area contributed by atoms with Crippen LogP contribution in [-0.4, -0.2) is 78.5 Å². The van der Waals surface area contributed by atoms with Gasteiger partial charge in [0.25, 0.3) is 11.8 Å². The van der Waals surface area contributed by atoms with Crippen molar-refractivity contribution in [2.24, 2.45) is 19.5 Å². The lowest BCUT2D eigenvalue weighted by molar-refractivity contribution is -0.137. The van der Waals surface area contributed by atoms with Gasteiger partial charge in [-0.15, -0.1) is 0 Å². The number of amides is 2. The van der Waals surface area contributed by atoms with E-state index in [4.69, 9.17) is 16.6 Å². The molecule has 53 heavy (non-hydrogen) atoms. The molecule has 4 heterocycles. The number of carbonyl (C=O) groups is 3. The summed E-state index contributed by atoms with van der Waals surface area (Å²) >= 11 is 6.97. The van der Waals surface area contributed by atoms with Crippen molar-refractivity contribution in [3.8, 4) is 11.1 Å². The van der Waals surface area contributed by atoms with Crippen LogP contribution >= 0.6 is 11.6 Å². The van der Waals surface area contributed by atoms with Gasteiger partial charge in [0.1, 0.15) is 0 Å². The predicted molar refractivity (Wildman–Crippen MR) is 205 cm³/mol. The summed E-state index contributed by atoms with van der Waals surface area (Å²) in [5.74, 6) is -0.624. The number of imidazole rings is 2. The van der Waals surface area contributed by atoms with Crippen LogP contribution < -0.4 is 10.6 Å². The van der Waals surface area contributed by atoms with Crippen molar-refractivity contribution in [3.63, 3.8) is 0 Å². The second-order valence-corrected chi connectivity index (χ2v) is 15.6. The molecule has 2 aliphatic heterocycles. The maximum atomic E-state index is 13.8.